The van der Waals surface area contributed by atoms with Gasteiger partial charge in [-0.2, -0.15) is 0 Å². The van der Waals surface area contributed by atoms with Gasteiger partial charge in [0.25, 0.3) is 0 Å². The van der Waals surface area contributed by atoms with Gasteiger partial charge in [-0.15, -0.1) is 0 Å². The minimum atomic E-state index is -0.786. The van der Waals surface area contributed by atoms with E-state index in [1.165, 1.54) is 23.1 Å². The summed E-state index contributed by atoms with van der Waals surface area (Å²) in [4.78, 5) is 27.2. The minimum absolute atomic E-state index is 0.0390. The summed E-state index contributed by atoms with van der Waals surface area (Å²) in [5.74, 6) is -1.29. The highest BCUT2D eigenvalue weighted by Crippen LogP contribution is 2.25. The van der Waals surface area contributed by atoms with Crippen LogP contribution in [-0.4, -0.2) is 28.8 Å². The van der Waals surface area contributed by atoms with Crippen molar-refractivity contribution >= 4 is 46.6 Å². The van der Waals surface area contributed by atoms with Crippen LogP contribution in [0.1, 0.15) is 38.3 Å². The maximum Gasteiger partial charge on any atom is 0.242 e. The molecule has 2 aromatic rings. The lowest BCUT2D eigenvalue weighted by Gasteiger charge is -2.30. The smallest absolute Gasteiger partial charge is 0.242 e. The normalized spacial score (nSPS) is 12.9. The van der Waals surface area contributed by atoms with Crippen molar-refractivity contribution < 1.29 is 14.0 Å². The molecule has 2 rings (SSSR count). The SMILES string of the molecule is CC[C@@H](C)NC(=O)[C@@H](C)N(Cc1ccc(Cl)c(Cl)c1)C(=O)Cc1c(F)cccc1Cl. The number of halogens is 4. The Hall–Kier alpha value is -1.82. The maximum atomic E-state index is 14.2. The quantitative estimate of drug-likeness (QED) is 0.538. The zero-order valence-electron chi connectivity index (χ0n) is 17.0. The van der Waals surface area contributed by atoms with E-state index in [0.29, 0.717) is 15.6 Å². The second-order valence-corrected chi connectivity index (χ2v) is 8.36. The zero-order valence-corrected chi connectivity index (χ0v) is 19.3. The molecular weight excluding hydrogens is 450 g/mol. The van der Waals surface area contributed by atoms with Crippen LogP contribution >= 0.6 is 34.8 Å². The van der Waals surface area contributed by atoms with Gasteiger partial charge in [0.1, 0.15) is 11.9 Å². The highest BCUT2D eigenvalue weighted by atomic mass is 35.5. The van der Waals surface area contributed by atoms with Crippen molar-refractivity contribution in [2.45, 2.75) is 52.2 Å². The van der Waals surface area contributed by atoms with Crippen molar-refractivity contribution in [3.05, 3.63) is 68.4 Å². The van der Waals surface area contributed by atoms with E-state index in [4.69, 9.17) is 34.8 Å². The number of hydrogen-bond donors (Lipinski definition) is 1. The standard InChI is InChI=1S/C22H24Cl3FN2O2/c1-4-13(2)27-22(30)14(3)28(12-15-8-9-18(24)19(25)10-15)21(29)11-16-17(23)6-5-7-20(16)26/h5-10,13-14H,4,11-12H2,1-3H3,(H,27,30)/t13-,14-/m1/s1. The fraction of sp³-hybridized carbons (Fsp3) is 0.364. The molecular formula is C22H24Cl3FN2O2. The van der Waals surface area contributed by atoms with Crippen molar-refractivity contribution in [1.29, 1.82) is 0 Å². The number of carbonyl (C=O) groups excluding carboxylic acids is 2. The molecule has 0 fully saturated rings. The highest BCUT2D eigenvalue weighted by Gasteiger charge is 2.28. The fourth-order valence-electron chi connectivity index (χ4n) is 2.84. The van der Waals surface area contributed by atoms with E-state index in [2.05, 4.69) is 5.32 Å². The van der Waals surface area contributed by atoms with Gasteiger partial charge < -0.3 is 10.2 Å². The van der Waals surface area contributed by atoms with Gasteiger partial charge in [-0.1, -0.05) is 53.9 Å². The third-order valence-electron chi connectivity index (χ3n) is 4.89. The van der Waals surface area contributed by atoms with Gasteiger partial charge >= 0.3 is 0 Å². The van der Waals surface area contributed by atoms with Crippen molar-refractivity contribution in [3.63, 3.8) is 0 Å². The molecule has 0 radical (unpaired) electrons. The van der Waals surface area contributed by atoms with Crippen LogP contribution in [0.25, 0.3) is 0 Å². The number of rotatable bonds is 8. The Bertz CT molecular complexity index is 903. The first-order chi connectivity index (χ1) is 14.1. The highest BCUT2D eigenvalue weighted by molar-refractivity contribution is 6.42. The second kappa shape index (κ2) is 11.0. The van der Waals surface area contributed by atoms with E-state index in [-0.39, 0.29) is 35.5 Å². The Morgan fingerprint density at radius 1 is 1.07 bits per heavy atom. The first kappa shape index (κ1) is 24.4. The number of amides is 2. The molecule has 0 heterocycles. The number of nitrogens with one attached hydrogen (secondary N) is 1. The van der Waals surface area contributed by atoms with Crippen LogP contribution in [0, 0.1) is 5.82 Å². The fourth-order valence-corrected chi connectivity index (χ4v) is 3.39. The Morgan fingerprint density at radius 3 is 2.37 bits per heavy atom. The molecule has 0 aromatic heterocycles. The van der Waals surface area contributed by atoms with Crippen LogP contribution in [0.3, 0.4) is 0 Å². The predicted octanol–water partition coefficient (Wildman–Crippen LogP) is 5.66. The third-order valence-corrected chi connectivity index (χ3v) is 5.99. The molecule has 2 aromatic carbocycles. The van der Waals surface area contributed by atoms with Crippen LogP contribution in [0.4, 0.5) is 4.39 Å². The molecule has 0 saturated heterocycles. The third kappa shape index (κ3) is 6.34. The monoisotopic (exact) mass is 472 g/mol. The maximum absolute atomic E-state index is 14.2. The molecule has 0 aliphatic carbocycles. The summed E-state index contributed by atoms with van der Waals surface area (Å²) in [5.41, 5.74) is 0.790. The van der Waals surface area contributed by atoms with Crippen molar-refractivity contribution in [1.82, 2.24) is 10.2 Å². The summed E-state index contributed by atoms with van der Waals surface area (Å²) in [7, 11) is 0. The Kier molecular flexibility index (Phi) is 8.95. The van der Waals surface area contributed by atoms with Gasteiger partial charge in [-0.05, 0) is 50.1 Å². The number of benzene rings is 2. The van der Waals surface area contributed by atoms with Gasteiger partial charge in [-0.25, -0.2) is 4.39 Å². The predicted molar refractivity (Wildman–Crippen MR) is 119 cm³/mol. The molecule has 30 heavy (non-hydrogen) atoms. The molecule has 0 bridgehead atoms. The Balaban J connectivity index is 2.32. The summed E-state index contributed by atoms with van der Waals surface area (Å²) in [6.07, 6.45) is 0.484. The van der Waals surface area contributed by atoms with E-state index in [9.17, 15) is 14.0 Å². The molecule has 0 aliphatic rings. The lowest BCUT2D eigenvalue weighted by Crippen LogP contribution is -2.50. The summed E-state index contributed by atoms with van der Waals surface area (Å²) < 4.78 is 14.2. The van der Waals surface area contributed by atoms with Gasteiger partial charge in [-0.3, -0.25) is 9.59 Å². The first-order valence-electron chi connectivity index (χ1n) is 9.60. The van der Waals surface area contributed by atoms with Gasteiger partial charge in [0.15, 0.2) is 0 Å². The summed E-state index contributed by atoms with van der Waals surface area (Å²) in [6.45, 7) is 5.58. The van der Waals surface area contributed by atoms with E-state index >= 15 is 0 Å². The first-order valence-corrected chi connectivity index (χ1v) is 10.7. The van der Waals surface area contributed by atoms with E-state index < -0.39 is 17.8 Å². The molecule has 1 N–H and O–H groups in total. The molecule has 0 saturated carbocycles. The minimum Gasteiger partial charge on any atom is -0.352 e. The molecule has 4 nitrogen and oxygen atoms in total. The Morgan fingerprint density at radius 2 is 1.77 bits per heavy atom. The van der Waals surface area contributed by atoms with E-state index in [1.807, 2.05) is 13.8 Å². The molecule has 162 valence electrons. The van der Waals surface area contributed by atoms with Crippen molar-refractivity contribution in [3.8, 4) is 0 Å². The van der Waals surface area contributed by atoms with Crippen LogP contribution in [-0.2, 0) is 22.6 Å². The summed E-state index contributed by atoms with van der Waals surface area (Å²) >= 11 is 18.2. The second-order valence-electron chi connectivity index (χ2n) is 7.14. The molecule has 8 heteroatoms. The molecule has 0 unspecified atom stereocenters. The lowest BCUT2D eigenvalue weighted by atomic mass is 10.1. The zero-order chi connectivity index (χ0) is 22.4. The van der Waals surface area contributed by atoms with Crippen molar-refractivity contribution in [2.24, 2.45) is 0 Å². The summed E-state index contributed by atoms with van der Waals surface area (Å²) in [6, 6.07) is 8.41. The van der Waals surface area contributed by atoms with Crippen LogP contribution in [0.15, 0.2) is 36.4 Å². The molecule has 0 spiro atoms. The number of carbonyl (C=O) groups is 2. The van der Waals surface area contributed by atoms with E-state index in [0.717, 1.165) is 6.42 Å². The lowest BCUT2D eigenvalue weighted by molar-refractivity contribution is -0.140. The van der Waals surface area contributed by atoms with Gasteiger partial charge in [0.2, 0.25) is 11.8 Å². The molecule has 0 aliphatic heterocycles. The van der Waals surface area contributed by atoms with Crippen LogP contribution in [0.2, 0.25) is 15.1 Å². The topological polar surface area (TPSA) is 49.4 Å². The van der Waals surface area contributed by atoms with Crippen molar-refractivity contribution in [2.75, 3.05) is 0 Å². The number of nitrogens with zero attached hydrogens (tertiary/aromatic N) is 1. The van der Waals surface area contributed by atoms with Crippen LogP contribution < -0.4 is 5.32 Å². The largest absolute Gasteiger partial charge is 0.352 e. The van der Waals surface area contributed by atoms with Gasteiger partial charge in [0.05, 0.1) is 16.5 Å². The average Bonchev–Trinajstić information content (AvgIpc) is 2.70. The average molecular weight is 474 g/mol. The molecule has 2 amide bonds. The summed E-state index contributed by atoms with van der Waals surface area (Å²) in [5, 5.41) is 3.77. The van der Waals surface area contributed by atoms with Crippen LogP contribution in [0.5, 0.6) is 0 Å². The number of hydrogen-bond acceptors (Lipinski definition) is 2. The Labute approximate surface area is 191 Å². The molecule has 2 atom stereocenters. The van der Waals surface area contributed by atoms with Gasteiger partial charge in [0, 0.05) is 23.2 Å². The van der Waals surface area contributed by atoms with E-state index in [1.54, 1.807) is 25.1 Å².